The zero-order valence-corrected chi connectivity index (χ0v) is 24.0. The number of nitrogens with zero attached hydrogens (tertiary/aromatic N) is 1. The Hall–Kier alpha value is -4.27. The van der Waals surface area contributed by atoms with Crippen LogP contribution in [-0.2, 0) is 22.3 Å². The molecule has 3 aromatic carbocycles. The number of benzene rings is 3. The monoisotopic (exact) mass is 577 g/mol. The number of carbonyl (C=O) groups is 2. The van der Waals surface area contributed by atoms with E-state index in [1.807, 2.05) is 25.1 Å². The number of aromatic amines is 1. The van der Waals surface area contributed by atoms with E-state index in [4.69, 9.17) is 4.74 Å². The maximum Gasteiger partial charge on any atom is 0.416 e. The third-order valence-corrected chi connectivity index (χ3v) is 8.42. The molecule has 6 nitrogen and oxygen atoms in total. The Morgan fingerprint density at radius 2 is 1.67 bits per heavy atom. The topological polar surface area (TPSA) is 74.4 Å². The average Bonchev–Trinajstić information content (AvgIpc) is 3.29. The number of H-pyrrole nitrogens is 1. The summed E-state index contributed by atoms with van der Waals surface area (Å²) in [5.74, 6) is 0.206. The molecular weight excluding hydrogens is 543 g/mol. The second kappa shape index (κ2) is 11.2. The number of hydrogen-bond acceptors (Lipinski definition) is 3. The normalized spacial score (nSPS) is 17.6. The lowest BCUT2D eigenvalue weighted by Crippen LogP contribution is -2.38. The molecule has 0 spiro atoms. The van der Waals surface area contributed by atoms with Gasteiger partial charge in [-0.25, -0.2) is 0 Å². The molecule has 2 N–H and O–H groups in total. The van der Waals surface area contributed by atoms with Gasteiger partial charge >= 0.3 is 6.18 Å². The van der Waals surface area contributed by atoms with Gasteiger partial charge in [0.2, 0.25) is 11.8 Å². The van der Waals surface area contributed by atoms with Gasteiger partial charge in [0.25, 0.3) is 0 Å². The zero-order valence-electron chi connectivity index (χ0n) is 24.0. The van der Waals surface area contributed by atoms with E-state index in [1.165, 1.54) is 22.6 Å². The lowest BCUT2D eigenvalue weighted by molar-refractivity contribution is -0.137. The van der Waals surface area contributed by atoms with E-state index in [0.717, 1.165) is 28.7 Å². The quantitative estimate of drug-likeness (QED) is 0.219. The molecule has 0 bridgehead atoms. The van der Waals surface area contributed by atoms with Crippen molar-refractivity contribution >= 4 is 28.4 Å². The van der Waals surface area contributed by atoms with E-state index < -0.39 is 17.6 Å². The summed E-state index contributed by atoms with van der Waals surface area (Å²) in [6.45, 7) is 6.11. The van der Waals surface area contributed by atoms with Gasteiger partial charge in [-0.3, -0.25) is 9.59 Å². The molecule has 1 saturated carbocycles. The fourth-order valence-corrected chi connectivity index (χ4v) is 6.01. The summed E-state index contributed by atoms with van der Waals surface area (Å²) in [4.78, 5) is 31.7. The summed E-state index contributed by atoms with van der Waals surface area (Å²) in [5, 5.41) is 3.94. The minimum absolute atomic E-state index is 0.0108. The summed E-state index contributed by atoms with van der Waals surface area (Å²) in [7, 11) is 1.55. The number of methoxy groups -OCH3 is 1. The van der Waals surface area contributed by atoms with E-state index in [1.54, 1.807) is 31.4 Å². The number of rotatable bonds is 9. The SMILES string of the molecule is COc1ccc(NC(=O)CN(Cc2ccc(C(F)(F)F)cc2)C(=O)C[C@@H]2[C@@H](c3c(C)[nH]c4ccccc34)C2(C)C)cc1. The van der Waals surface area contributed by atoms with Crippen LogP contribution in [0.25, 0.3) is 10.9 Å². The number of nitrogens with one attached hydrogen (secondary N) is 2. The first-order chi connectivity index (χ1) is 19.9. The number of alkyl halides is 3. The molecule has 0 unspecified atom stereocenters. The molecule has 5 rings (SSSR count). The molecule has 1 fully saturated rings. The molecule has 1 aliphatic carbocycles. The van der Waals surface area contributed by atoms with E-state index in [9.17, 15) is 22.8 Å². The van der Waals surface area contributed by atoms with Gasteiger partial charge in [0.1, 0.15) is 12.3 Å². The molecule has 2 atom stereocenters. The van der Waals surface area contributed by atoms with Crippen molar-refractivity contribution in [2.45, 2.75) is 45.8 Å². The van der Waals surface area contributed by atoms with Crippen LogP contribution in [0.4, 0.5) is 18.9 Å². The van der Waals surface area contributed by atoms with Crippen molar-refractivity contribution < 1.29 is 27.5 Å². The second-order valence-electron chi connectivity index (χ2n) is 11.5. The number of ether oxygens (including phenoxy) is 1. The first-order valence-corrected chi connectivity index (χ1v) is 13.8. The van der Waals surface area contributed by atoms with E-state index in [-0.39, 0.29) is 42.7 Å². The van der Waals surface area contributed by atoms with Gasteiger partial charge in [0.05, 0.1) is 12.7 Å². The molecule has 220 valence electrons. The standard InChI is InChI=1S/C33H34F3N3O3/c1-20-30(25-7-5-6-8-27(25)37-20)31-26(32(31,2)3)17-29(41)39(18-21-9-11-22(12-10-21)33(34,35)36)19-28(40)38-23-13-15-24(42-4)16-14-23/h5-16,26,31,37H,17-19H2,1-4H3,(H,38,40)/t26-,31+/m1/s1. The molecule has 0 saturated heterocycles. The van der Waals surface area contributed by atoms with Crippen molar-refractivity contribution in [2.75, 3.05) is 19.0 Å². The summed E-state index contributed by atoms with van der Waals surface area (Å²) in [6, 6.07) is 19.6. The largest absolute Gasteiger partial charge is 0.497 e. The maximum atomic E-state index is 13.8. The fraction of sp³-hybridized carbons (Fsp3) is 0.333. The van der Waals surface area contributed by atoms with Crippen molar-refractivity contribution in [1.82, 2.24) is 9.88 Å². The number of carbonyl (C=O) groups excluding carboxylic acids is 2. The predicted octanol–water partition coefficient (Wildman–Crippen LogP) is 7.30. The maximum absolute atomic E-state index is 13.8. The molecular formula is C33H34F3N3O3. The number of fused-ring (bicyclic) bond motifs is 1. The number of anilines is 1. The highest BCUT2D eigenvalue weighted by Gasteiger charge is 2.59. The molecule has 2 amide bonds. The number of para-hydroxylation sites is 1. The Morgan fingerprint density at radius 1 is 1.00 bits per heavy atom. The van der Waals surface area contributed by atoms with Crippen molar-refractivity contribution in [2.24, 2.45) is 11.3 Å². The van der Waals surface area contributed by atoms with Crippen LogP contribution in [0.15, 0.2) is 72.8 Å². The molecule has 0 aliphatic heterocycles. The van der Waals surface area contributed by atoms with Crippen molar-refractivity contribution in [3.8, 4) is 5.75 Å². The summed E-state index contributed by atoms with van der Waals surface area (Å²) in [6.07, 6.45) is -4.24. The van der Waals surface area contributed by atoms with Crippen molar-refractivity contribution in [1.29, 1.82) is 0 Å². The van der Waals surface area contributed by atoms with Crippen molar-refractivity contribution in [3.05, 3.63) is 95.2 Å². The Balaban J connectivity index is 1.35. The third-order valence-electron chi connectivity index (χ3n) is 8.42. The van der Waals surface area contributed by atoms with Crippen molar-refractivity contribution in [3.63, 3.8) is 0 Å². The highest BCUT2D eigenvalue weighted by molar-refractivity contribution is 5.94. The summed E-state index contributed by atoms with van der Waals surface area (Å²) >= 11 is 0. The van der Waals surface area contributed by atoms with Crippen LogP contribution in [0, 0.1) is 18.3 Å². The average molecular weight is 578 g/mol. The first-order valence-electron chi connectivity index (χ1n) is 13.8. The number of aryl methyl sites for hydroxylation is 1. The molecule has 0 radical (unpaired) electrons. The van der Waals surface area contributed by atoms with E-state index >= 15 is 0 Å². The molecule has 42 heavy (non-hydrogen) atoms. The number of hydrogen-bond donors (Lipinski definition) is 2. The van der Waals surface area contributed by atoms with E-state index in [2.05, 4.69) is 30.2 Å². The molecule has 1 aromatic heterocycles. The summed E-state index contributed by atoms with van der Waals surface area (Å²) < 4.78 is 44.5. The number of halogens is 3. The van der Waals surface area contributed by atoms with Crippen LogP contribution in [0.5, 0.6) is 5.75 Å². The van der Waals surface area contributed by atoms with Crippen LogP contribution < -0.4 is 10.1 Å². The summed E-state index contributed by atoms with van der Waals surface area (Å²) in [5.41, 5.74) is 3.48. The van der Waals surface area contributed by atoms with E-state index in [0.29, 0.717) is 17.0 Å². The van der Waals surface area contributed by atoms with Gasteiger partial charge in [0, 0.05) is 35.2 Å². The van der Waals surface area contributed by atoms with Crippen LogP contribution in [0.1, 0.15) is 48.6 Å². The van der Waals surface area contributed by atoms with Crippen LogP contribution in [-0.4, -0.2) is 35.4 Å². The molecule has 9 heteroatoms. The zero-order chi connectivity index (χ0) is 30.2. The highest BCUT2D eigenvalue weighted by Crippen LogP contribution is 2.67. The van der Waals surface area contributed by atoms with Crippen LogP contribution in [0.3, 0.4) is 0 Å². The lowest BCUT2D eigenvalue weighted by Gasteiger charge is -2.23. The Morgan fingerprint density at radius 3 is 2.31 bits per heavy atom. The number of aromatic nitrogens is 1. The molecule has 1 heterocycles. The Labute approximate surface area is 242 Å². The van der Waals surface area contributed by atoms with Gasteiger partial charge < -0.3 is 19.9 Å². The van der Waals surface area contributed by atoms with Crippen LogP contribution in [0.2, 0.25) is 0 Å². The van der Waals surface area contributed by atoms with Gasteiger partial charge in [-0.2, -0.15) is 13.2 Å². The van der Waals surface area contributed by atoms with Gasteiger partial charge in [-0.1, -0.05) is 44.2 Å². The first kappa shape index (κ1) is 29.2. The minimum Gasteiger partial charge on any atom is -0.497 e. The molecule has 1 aliphatic rings. The van der Waals surface area contributed by atoms with Gasteiger partial charge in [-0.15, -0.1) is 0 Å². The Bertz CT molecular complexity index is 1590. The fourth-order valence-electron chi connectivity index (χ4n) is 6.01. The van der Waals surface area contributed by atoms with Gasteiger partial charge in [0.15, 0.2) is 0 Å². The van der Waals surface area contributed by atoms with Gasteiger partial charge in [-0.05, 0) is 77.8 Å². The second-order valence-corrected chi connectivity index (χ2v) is 11.5. The lowest BCUT2D eigenvalue weighted by atomic mass is 10.0. The number of amides is 2. The Kier molecular flexibility index (Phi) is 7.79. The predicted molar refractivity (Wildman–Crippen MR) is 156 cm³/mol. The third kappa shape index (κ3) is 6.00. The molecule has 4 aromatic rings. The smallest absolute Gasteiger partial charge is 0.416 e. The highest BCUT2D eigenvalue weighted by atomic mass is 19.4. The minimum atomic E-state index is -4.46. The van der Waals surface area contributed by atoms with Crippen LogP contribution >= 0.6 is 0 Å².